The topological polar surface area (TPSA) is 42.2 Å². The van der Waals surface area contributed by atoms with Crippen LogP contribution in [0.25, 0.3) is 0 Å². The van der Waals surface area contributed by atoms with Gasteiger partial charge in [0.05, 0.1) is 10.9 Å². The van der Waals surface area contributed by atoms with E-state index in [4.69, 9.17) is 16.0 Å². The fourth-order valence-electron chi connectivity index (χ4n) is 1.01. The van der Waals surface area contributed by atoms with Gasteiger partial charge in [-0.2, -0.15) is 0 Å². The molecule has 1 amide bonds. The third-order valence-corrected chi connectivity index (χ3v) is 2.94. The highest BCUT2D eigenvalue weighted by Gasteiger charge is 2.27. The predicted octanol–water partition coefficient (Wildman–Crippen LogP) is 2.72. The van der Waals surface area contributed by atoms with E-state index in [9.17, 15) is 4.79 Å². The van der Waals surface area contributed by atoms with E-state index < -0.39 is 5.54 Å². The van der Waals surface area contributed by atoms with Crippen molar-refractivity contribution in [3.05, 3.63) is 23.7 Å². The van der Waals surface area contributed by atoms with E-state index in [-0.39, 0.29) is 11.3 Å². The molecule has 0 bridgehead atoms. The van der Waals surface area contributed by atoms with Crippen molar-refractivity contribution in [3.8, 4) is 0 Å². The first-order chi connectivity index (χ1) is 6.83. The molecule has 3 nitrogen and oxygen atoms in total. The van der Waals surface area contributed by atoms with Gasteiger partial charge in [-0.3, -0.25) is 4.79 Å². The first kappa shape index (κ1) is 12.1. The van der Waals surface area contributed by atoms with Crippen molar-refractivity contribution in [1.29, 1.82) is 0 Å². The van der Waals surface area contributed by atoms with E-state index in [1.54, 1.807) is 19.1 Å². The summed E-state index contributed by atoms with van der Waals surface area (Å²) in [5.74, 6) is 0.801. The lowest BCUT2D eigenvalue weighted by Gasteiger charge is -2.28. The summed E-state index contributed by atoms with van der Waals surface area (Å²) in [7, 11) is 0. The van der Waals surface area contributed by atoms with Gasteiger partial charge in [-0.25, -0.2) is 0 Å². The summed E-state index contributed by atoms with van der Waals surface area (Å²) in [6.07, 6.45) is 0. The minimum atomic E-state index is -0.459. The third-order valence-electron chi connectivity index (χ3n) is 2.39. The minimum Gasteiger partial charge on any atom is -0.456 e. The van der Waals surface area contributed by atoms with E-state index in [0.717, 1.165) is 5.76 Å². The van der Waals surface area contributed by atoms with Crippen LogP contribution in [0.15, 0.2) is 16.5 Å². The zero-order valence-corrected chi connectivity index (χ0v) is 10.2. The number of hydrogen-bond donors (Lipinski definition) is 1. The molecule has 0 aromatic carbocycles. The Kier molecular flexibility index (Phi) is 3.45. The molecule has 15 heavy (non-hydrogen) atoms. The number of halogens is 1. The molecular weight excluding hydrogens is 214 g/mol. The van der Waals surface area contributed by atoms with Crippen LogP contribution in [-0.4, -0.2) is 16.8 Å². The number of furan rings is 1. The molecule has 0 radical (unpaired) electrons. The number of carbonyl (C=O) groups is 1. The molecule has 0 aliphatic rings. The van der Waals surface area contributed by atoms with Gasteiger partial charge in [-0.05, 0) is 39.8 Å². The fourth-order valence-corrected chi connectivity index (χ4v) is 1.06. The number of rotatable bonds is 3. The molecule has 1 aromatic heterocycles. The summed E-state index contributed by atoms with van der Waals surface area (Å²) in [5, 5.41) is 2.67. The molecule has 1 aromatic rings. The Bertz CT molecular complexity index is 355. The number of hydrogen-bond acceptors (Lipinski definition) is 2. The van der Waals surface area contributed by atoms with Gasteiger partial charge in [0.1, 0.15) is 5.76 Å². The first-order valence-electron chi connectivity index (χ1n) is 4.86. The Morgan fingerprint density at radius 2 is 2.13 bits per heavy atom. The van der Waals surface area contributed by atoms with Gasteiger partial charge < -0.3 is 9.73 Å². The maximum Gasteiger partial charge on any atom is 0.287 e. The Hall–Kier alpha value is -0.960. The number of aryl methyl sites for hydroxylation is 1. The molecule has 1 unspecified atom stereocenters. The molecule has 1 heterocycles. The normalized spacial score (nSPS) is 13.7. The molecule has 1 N–H and O–H groups in total. The Morgan fingerprint density at radius 3 is 2.53 bits per heavy atom. The molecule has 84 valence electrons. The van der Waals surface area contributed by atoms with Crippen LogP contribution in [0, 0.1) is 6.92 Å². The molecule has 0 saturated heterocycles. The van der Waals surface area contributed by atoms with Crippen LogP contribution in [-0.2, 0) is 0 Å². The number of carbonyl (C=O) groups excluding carboxylic acids is 1. The second-order valence-electron chi connectivity index (χ2n) is 4.20. The second-order valence-corrected chi connectivity index (χ2v) is 4.86. The zero-order valence-electron chi connectivity index (χ0n) is 9.43. The van der Waals surface area contributed by atoms with Crippen molar-refractivity contribution < 1.29 is 9.21 Å². The van der Waals surface area contributed by atoms with Gasteiger partial charge in [-0.1, -0.05) is 0 Å². The quantitative estimate of drug-likeness (QED) is 0.810. The maximum absolute atomic E-state index is 11.7. The van der Waals surface area contributed by atoms with Crippen LogP contribution >= 0.6 is 11.6 Å². The fraction of sp³-hybridized carbons (Fsp3) is 0.545. The minimum absolute atomic E-state index is 0.155. The van der Waals surface area contributed by atoms with Crippen LogP contribution < -0.4 is 5.32 Å². The average molecular weight is 230 g/mol. The smallest absolute Gasteiger partial charge is 0.287 e. The van der Waals surface area contributed by atoms with Crippen molar-refractivity contribution in [2.24, 2.45) is 0 Å². The van der Waals surface area contributed by atoms with E-state index in [1.165, 1.54) is 0 Å². The Balaban J connectivity index is 2.72. The molecule has 1 rings (SSSR count). The molecule has 0 spiro atoms. The van der Waals surface area contributed by atoms with E-state index in [0.29, 0.717) is 5.76 Å². The van der Waals surface area contributed by atoms with Gasteiger partial charge in [0.2, 0.25) is 0 Å². The van der Waals surface area contributed by atoms with E-state index in [1.807, 2.05) is 20.8 Å². The summed E-state index contributed by atoms with van der Waals surface area (Å²) in [5.41, 5.74) is -0.459. The molecule has 0 fully saturated rings. The van der Waals surface area contributed by atoms with Crippen LogP contribution in [0.5, 0.6) is 0 Å². The second kappa shape index (κ2) is 4.27. The van der Waals surface area contributed by atoms with Crippen molar-refractivity contribution in [2.75, 3.05) is 0 Å². The Morgan fingerprint density at radius 1 is 1.53 bits per heavy atom. The maximum atomic E-state index is 11.7. The number of amides is 1. The molecule has 0 aliphatic carbocycles. The summed E-state index contributed by atoms with van der Waals surface area (Å²) < 4.78 is 5.22. The van der Waals surface area contributed by atoms with Crippen molar-refractivity contribution in [1.82, 2.24) is 5.32 Å². The number of nitrogens with one attached hydrogen (secondary N) is 1. The lowest BCUT2D eigenvalue weighted by atomic mass is 10.0. The standard InChI is InChI=1S/C11H16ClNO2/c1-7-5-6-9(15-7)10(14)13-11(3,4)8(2)12/h5-6,8H,1-4H3,(H,13,14). The Labute approximate surface area is 94.8 Å². The van der Waals surface area contributed by atoms with Gasteiger partial charge in [0.15, 0.2) is 5.76 Å². The van der Waals surface area contributed by atoms with E-state index in [2.05, 4.69) is 5.32 Å². The molecular formula is C11H16ClNO2. The van der Waals surface area contributed by atoms with Gasteiger partial charge in [0, 0.05) is 0 Å². The van der Waals surface area contributed by atoms with Crippen LogP contribution in [0.2, 0.25) is 0 Å². The van der Waals surface area contributed by atoms with Crippen molar-refractivity contribution in [3.63, 3.8) is 0 Å². The lowest BCUT2D eigenvalue weighted by molar-refractivity contribution is 0.0882. The summed E-state index contributed by atoms with van der Waals surface area (Å²) >= 11 is 5.96. The van der Waals surface area contributed by atoms with Crippen LogP contribution in [0.1, 0.15) is 37.1 Å². The van der Waals surface area contributed by atoms with Crippen molar-refractivity contribution in [2.45, 2.75) is 38.6 Å². The molecule has 0 aliphatic heterocycles. The SMILES string of the molecule is Cc1ccc(C(=O)NC(C)(C)C(C)Cl)o1. The largest absolute Gasteiger partial charge is 0.456 e. The number of alkyl halides is 1. The highest BCUT2D eigenvalue weighted by Crippen LogP contribution is 2.16. The highest BCUT2D eigenvalue weighted by atomic mass is 35.5. The third kappa shape index (κ3) is 2.99. The highest BCUT2D eigenvalue weighted by molar-refractivity contribution is 6.21. The lowest BCUT2D eigenvalue weighted by Crippen LogP contribution is -2.48. The predicted molar refractivity (Wildman–Crippen MR) is 60.3 cm³/mol. The zero-order chi connectivity index (χ0) is 11.6. The average Bonchev–Trinajstić information content (AvgIpc) is 2.50. The first-order valence-corrected chi connectivity index (χ1v) is 5.29. The molecule has 0 saturated carbocycles. The van der Waals surface area contributed by atoms with Crippen LogP contribution in [0.4, 0.5) is 0 Å². The summed E-state index contributed by atoms with van der Waals surface area (Å²) in [4.78, 5) is 11.7. The summed E-state index contributed by atoms with van der Waals surface area (Å²) in [6.45, 7) is 7.39. The van der Waals surface area contributed by atoms with Gasteiger partial charge >= 0.3 is 0 Å². The van der Waals surface area contributed by atoms with Gasteiger partial charge in [0.25, 0.3) is 5.91 Å². The van der Waals surface area contributed by atoms with Gasteiger partial charge in [-0.15, -0.1) is 11.6 Å². The molecule has 4 heteroatoms. The van der Waals surface area contributed by atoms with E-state index >= 15 is 0 Å². The monoisotopic (exact) mass is 229 g/mol. The molecule has 1 atom stereocenters. The van der Waals surface area contributed by atoms with Crippen LogP contribution in [0.3, 0.4) is 0 Å². The summed E-state index contributed by atoms with van der Waals surface area (Å²) in [6, 6.07) is 3.41. The van der Waals surface area contributed by atoms with Crippen molar-refractivity contribution >= 4 is 17.5 Å².